The Hall–Kier alpha value is -1.61. The van der Waals surface area contributed by atoms with Crippen molar-refractivity contribution in [1.29, 1.82) is 0 Å². The Morgan fingerprint density at radius 3 is 2.50 bits per heavy atom. The summed E-state index contributed by atoms with van der Waals surface area (Å²) in [5, 5.41) is 10.5. The van der Waals surface area contributed by atoms with Crippen LogP contribution < -0.4 is 5.32 Å². The molecule has 5 nitrogen and oxygen atoms in total. The van der Waals surface area contributed by atoms with Gasteiger partial charge in [0.15, 0.2) is 0 Å². The third-order valence-corrected chi connectivity index (χ3v) is 2.71. The number of hydrogen-bond acceptors (Lipinski definition) is 3. The molecule has 0 unspecified atom stereocenters. The van der Waals surface area contributed by atoms with Crippen molar-refractivity contribution in [3.63, 3.8) is 0 Å². The molecule has 0 aromatic heterocycles. The maximum absolute atomic E-state index is 12.6. The molecule has 0 aliphatic rings. The van der Waals surface area contributed by atoms with Crippen molar-refractivity contribution in [2.45, 2.75) is 6.18 Å². The Kier molecular flexibility index (Phi) is 5.52. The van der Waals surface area contributed by atoms with Crippen molar-refractivity contribution in [2.75, 3.05) is 18.5 Å². The van der Waals surface area contributed by atoms with Gasteiger partial charge in [-0.3, -0.25) is 4.79 Å². The maximum atomic E-state index is 12.6. The summed E-state index contributed by atoms with van der Waals surface area (Å²) in [5.74, 6) is -2.00. The third kappa shape index (κ3) is 5.17. The zero-order valence-electron chi connectivity index (χ0n) is 9.83. The predicted molar refractivity (Wildman–Crippen MR) is 66.2 cm³/mol. The molecule has 0 aliphatic heterocycles. The topological polar surface area (TPSA) is 75.6 Å². The van der Waals surface area contributed by atoms with Gasteiger partial charge in [-0.2, -0.15) is 13.2 Å². The second-order valence-corrected chi connectivity index (χ2v) is 4.48. The van der Waals surface area contributed by atoms with Crippen molar-refractivity contribution >= 4 is 33.5 Å². The van der Waals surface area contributed by atoms with E-state index in [9.17, 15) is 22.8 Å². The van der Waals surface area contributed by atoms with Crippen LogP contribution in [0.1, 0.15) is 5.56 Å². The van der Waals surface area contributed by atoms with Crippen LogP contribution in [-0.4, -0.2) is 30.2 Å². The van der Waals surface area contributed by atoms with E-state index in [1.807, 2.05) is 0 Å². The Morgan fingerprint density at radius 1 is 1.30 bits per heavy atom. The fourth-order valence-corrected chi connectivity index (χ4v) is 1.72. The van der Waals surface area contributed by atoms with Crippen LogP contribution in [0.5, 0.6) is 0 Å². The molecule has 0 aliphatic carbocycles. The highest BCUT2D eigenvalue weighted by atomic mass is 79.9. The van der Waals surface area contributed by atoms with Gasteiger partial charge in [-0.1, -0.05) is 15.9 Å². The van der Waals surface area contributed by atoms with E-state index in [0.29, 0.717) is 0 Å². The van der Waals surface area contributed by atoms with Crippen LogP contribution >= 0.6 is 15.9 Å². The molecule has 1 rings (SSSR count). The highest BCUT2D eigenvalue weighted by molar-refractivity contribution is 9.10. The molecule has 0 radical (unpaired) electrons. The highest BCUT2D eigenvalue weighted by Crippen LogP contribution is 2.36. The van der Waals surface area contributed by atoms with E-state index in [1.54, 1.807) is 0 Å². The van der Waals surface area contributed by atoms with Gasteiger partial charge in [-0.25, -0.2) is 4.79 Å². The smallest absolute Gasteiger partial charge is 0.417 e. The number of ether oxygens (including phenoxy) is 1. The quantitative estimate of drug-likeness (QED) is 0.850. The van der Waals surface area contributed by atoms with E-state index >= 15 is 0 Å². The van der Waals surface area contributed by atoms with Gasteiger partial charge in [0.25, 0.3) is 0 Å². The van der Waals surface area contributed by atoms with Crippen LogP contribution in [0, 0.1) is 0 Å². The van der Waals surface area contributed by atoms with Gasteiger partial charge in [-0.15, -0.1) is 0 Å². The molecule has 1 aromatic rings. The molecule has 1 amide bonds. The van der Waals surface area contributed by atoms with E-state index in [4.69, 9.17) is 5.11 Å². The van der Waals surface area contributed by atoms with Gasteiger partial charge >= 0.3 is 12.1 Å². The average Bonchev–Trinajstić information content (AvgIpc) is 2.29. The van der Waals surface area contributed by atoms with E-state index in [2.05, 4.69) is 26.0 Å². The second-order valence-electron chi connectivity index (χ2n) is 3.63. The number of carbonyl (C=O) groups is 2. The molecule has 9 heteroatoms. The number of carbonyl (C=O) groups excluding carboxylic acids is 1. The Balaban J connectivity index is 2.69. The van der Waals surface area contributed by atoms with Crippen molar-refractivity contribution < 1.29 is 32.6 Å². The van der Waals surface area contributed by atoms with Crippen molar-refractivity contribution in [3.8, 4) is 0 Å². The first kappa shape index (κ1) is 16.4. The molecule has 0 saturated heterocycles. The number of anilines is 1. The van der Waals surface area contributed by atoms with Crippen LogP contribution in [0.25, 0.3) is 0 Å². The van der Waals surface area contributed by atoms with Crippen molar-refractivity contribution in [1.82, 2.24) is 0 Å². The lowest BCUT2D eigenvalue weighted by atomic mass is 10.2. The summed E-state index contributed by atoms with van der Waals surface area (Å²) < 4.78 is 42.2. The fraction of sp³-hybridized carbons (Fsp3) is 0.273. The normalized spacial score (nSPS) is 11.2. The zero-order valence-corrected chi connectivity index (χ0v) is 11.4. The molecule has 20 heavy (non-hydrogen) atoms. The number of halogens is 4. The molecule has 0 fully saturated rings. The van der Waals surface area contributed by atoms with Gasteiger partial charge in [-0.05, 0) is 18.2 Å². The van der Waals surface area contributed by atoms with Gasteiger partial charge in [0.2, 0.25) is 5.91 Å². The first-order chi connectivity index (χ1) is 9.20. The molecule has 1 aromatic carbocycles. The summed E-state index contributed by atoms with van der Waals surface area (Å²) in [7, 11) is 0. The summed E-state index contributed by atoms with van der Waals surface area (Å²) in [4.78, 5) is 21.5. The lowest BCUT2D eigenvalue weighted by molar-refractivity contribution is -0.143. The van der Waals surface area contributed by atoms with Crippen molar-refractivity contribution in [3.05, 3.63) is 28.2 Å². The minimum atomic E-state index is -4.56. The highest BCUT2D eigenvalue weighted by Gasteiger charge is 2.33. The minimum Gasteiger partial charge on any atom is -0.480 e. The summed E-state index contributed by atoms with van der Waals surface area (Å²) in [6, 6.07) is 3.18. The fourth-order valence-electron chi connectivity index (χ4n) is 1.25. The van der Waals surface area contributed by atoms with E-state index < -0.39 is 36.8 Å². The standard InChI is InChI=1S/C11H9BrF3NO4/c12-8-2-1-6(3-7(8)11(13,14)15)16-9(17)4-20-5-10(18)19/h1-3H,4-5H2,(H,16,17)(H,18,19). The van der Waals surface area contributed by atoms with Gasteiger partial charge < -0.3 is 15.2 Å². The number of rotatable bonds is 5. The van der Waals surface area contributed by atoms with E-state index in [-0.39, 0.29) is 10.2 Å². The number of benzene rings is 1. The summed E-state index contributed by atoms with van der Waals surface area (Å²) in [6.07, 6.45) is -4.56. The first-order valence-corrected chi connectivity index (χ1v) is 5.95. The van der Waals surface area contributed by atoms with Gasteiger partial charge in [0.1, 0.15) is 13.2 Å². The molecule has 0 spiro atoms. The molecular formula is C11H9BrF3NO4. The number of carboxylic acid groups (broad SMARTS) is 1. The lowest BCUT2D eigenvalue weighted by Crippen LogP contribution is -2.21. The molecular weight excluding hydrogens is 347 g/mol. The lowest BCUT2D eigenvalue weighted by Gasteiger charge is -2.12. The molecule has 0 bridgehead atoms. The molecule has 2 N–H and O–H groups in total. The third-order valence-electron chi connectivity index (χ3n) is 2.01. The number of nitrogens with one attached hydrogen (secondary N) is 1. The van der Waals surface area contributed by atoms with E-state index in [1.165, 1.54) is 6.07 Å². The molecule has 110 valence electrons. The number of carboxylic acids is 1. The van der Waals surface area contributed by atoms with Crippen LogP contribution in [-0.2, 0) is 20.5 Å². The summed E-state index contributed by atoms with van der Waals surface area (Å²) in [6.45, 7) is -1.23. The average molecular weight is 356 g/mol. The monoisotopic (exact) mass is 355 g/mol. The van der Waals surface area contributed by atoms with Crippen LogP contribution in [0.3, 0.4) is 0 Å². The van der Waals surface area contributed by atoms with Crippen LogP contribution in [0.4, 0.5) is 18.9 Å². The Morgan fingerprint density at radius 2 is 1.95 bits per heavy atom. The number of hydrogen-bond donors (Lipinski definition) is 2. The van der Waals surface area contributed by atoms with Crippen LogP contribution in [0.15, 0.2) is 22.7 Å². The predicted octanol–water partition coefficient (Wildman–Crippen LogP) is 2.51. The molecule has 0 saturated carbocycles. The number of alkyl halides is 3. The Bertz CT molecular complexity index is 519. The maximum Gasteiger partial charge on any atom is 0.417 e. The number of amides is 1. The summed E-state index contributed by atoms with van der Waals surface area (Å²) in [5.41, 5.74) is -0.994. The summed E-state index contributed by atoms with van der Waals surface area (Å²) >= 11 is 2.77. The van der Waals surface area contributed by atoms with Crippen LogP contribution in [0.2, 0.25) is 0 Å². The van der Waals surface area contributed by atoms with E-state index in [0.717, 1.165) is 12.1 Å². The Labute approximate surface area is 119 Å². The second kappa shape index (κ2) is 6.71. The van der Waals surface area contributed by atoms with Crippen molar-refractivity contribution in [2.24, 2.45) is 0 Å². The number of aliphatic carboxylic acids is 1. The molecule has 0 atom stereocenters. The minimum absolute atomic E-state index is 0.0653. The van der Waals surface area contributed by atoms with Gasteiger partial charge in [0, 0.05) is 10.2 Å². The molecule has 0 heterocycles. The van der Waals surface area contributed by atoms with Gasteiger partial charge in [0.05, 0.1) is 5.56 Å². The SMILES string of the molecule is O=C(O)COCC(=O)Nc1ccc(Br)c(C(F)(F)F)c1. The first-order valence-electron chi connectivity index (χ1n) is 5.16. The zero-order chi connectivity index (χ0) is 15.3. The largest absolute Gasteiger partial charge is 0.480 e.